The number of piperidine rings is 1. The Kier molecular flexibility index (Phi) is 5.38. The van der Waals surface area contributed by atoms with Crippen LogP contribution in [0, 0.1) is 12.7 Å². The number of sulfonamides is 1. The van der Waals surface area contributed by atoms with Gasteiger partial charge in [0.15, 0.2) is 0 Å². The van der Waals surface area contributed by atoms with Crippen LogP contribution in [0.3, 0.4) is 0 Å². The van der Waals surface area contributed by atoms with E-state index in [1.54, 1.807) is 19.1 Å². The lowest BCUT2D eigenvalue weighted by molar-refractivity contribution is 0.102. The fourth-order valence-electron chi connectivity index (χ4n) is 3.03. The number of hydrogen-bond donors (Lipinski definition) is 1. The Labute approximate surface area is 152 Å². The van der Waals surface area contributed by atoms with Crippen LogP contribution < -0.4 is 5.32 Å². The predicted octanol–water partition coefficient (Wildman–Crippen LogP) is 3.56. The maximum absolute atomic E-state index is 13.3. The molecule has 0 saturated carbocycles. The smallest absolute Gasteiger partial charge is 0.255 e. The van der Waals surface area contributed by atoms with E-state index in [4.69, 9.17) is 0 Å². The Bertz CT molecular complexity index is 922. The summed E-state index contributed by atoms with van der Waals surface area (Å²) < 4.78 is 40.6. The van der Waals surface area contributed by atoms with Crippen molar-refractivity contribution < 1.29 is 17.6 Å². The molecular formula is C19H21FN2O3S. The zero-order chi connectivity index (χ0) is 18.7. The summed E-state index contributed by atoms with van der Waals surface area (Å²) in [6.07, 6.45) is 2.75. The van der Waals surface area contributed by atoms with Gasteiger partial charge in [0.05, 0.1) is 4.90 Å². The number of aryl methyl sites for hydroxylation is 1. The molecule has 3 rings (SSSR count). The summed E-state index contributed by atoms with van der Waals surface area (Å²) in [4.78, 5) is 12.5. The van der Waals surface area contributed by atoms with Gasteiger partial charge in [-0.25, -0.2) is 12.8 Å². The van der Waals surface area contributed by atoms with Crippen LogP contribution in [0.15, 0.2) is 47.4 Å². The van der Waals surface area contributed by atoms with Crippen LogP contribution in [0.25, 0.3) is 0 Å². The number of rotatable bonds is 4. The first kappa shape index (κ1) is 18.5. The number of nitrogens with one attached hydrogen (secondary N) is 1. The molecule has 0 atom stereocenters. The van der Waals surface area contributed by atoms with E-state index in [1.165, 1.54) is 28.6 Å². The minimum atomic E-state index is -3.60. The fourth-order valence-corrected chi connectivity index (χ4v) is 4.80. The van der Waals surface area contributed by atoms with Crippen LogP contribution in [0.1, 0.15) is 35.2 Å². The molecule has 5 nitrogen and oxygen atoms in total. The highest BCUT2D eigenvalue weighted by atomic mass is 32.2. The van der Waals surface area contributed by atoms with E-state index < -0.39 is 21.7 Å². The van der Waals surface area contributed by atoms with E-state index in [1.807, 2.05) is 0 Å². The second kappa shape index (κ2) is 7.55. The number of amides is 1. The number of benzene rings is 2. The molecule has 0 unspecified atom stereocenters. The molecule has 1 aliphatic heterocycles. The van der Waals surface area contributed by atoms with E-state index in [0.717, 1.165) is 25.3 Å². The van der Waals surface area contributed by atoms with E-state index in [2.05, 4.69) is 5.32 Å². The summed E-state index contributed by atoms with van der Waals surface area (Å²) in [7, 11) is -3.60. The Hall–Kier alpha value is -2.25. The maximum Gasteiger partial charge on any atom is 0.255 e. The fraction of sp³-hybridized carbons (Fsp3) is 0.316. The van der Waals surface area contributed by atoms with Gasteiger partial charge in [-0.05, 0) is 55.7 Å². The molecule has 1 heterocycles. The lowest BCUT2D eigenvalue weighted by atomic mass is 10.2. The number of halogens is 1. The highest BCUT2D eigenvalue weighted by Crippen LogP contribution is 2.26. The lowest BCUT2D eigenvalue weighted by Crippen LogP contribution is -2.36. The molecular weight excluding hydrogens is 355 g/mol. The van der Waals surface area contributed by atoms with Crippen molar-refractivity contribution in [2.45, 2.75) is 31.1 Å². The average molecular weight is 376 g/mol. The molecule has 1 aliphatic rings. The topological polar surface area (TPSA) is 66.5 Å². The van der Waals surface area contributed by atoms with E-state index in [9.17, 15) is 17.6 Å². The Morgan fingerprint density at radius 1 is 1.08 bits per heavy atom. The molecule has 2 aromatic carbocycles. The van der Waals surface area contributed by atoms with Gasteiger partial charge in [0.2, 0.25) is 10.0 Å². The van der Waals surface area contributed by atoms with Crippen molar-refractivity contribution in [1.82, 2.24) is 4.31 Å². The van der Waals surface area contributed by atoms with Crippen molar-refractivity contribution in [2.75, 3.05) is 18.4 Å². The normalized spacial score (nSPS) is 15.6. The van der Waals surface area contributed by atoms with Gasteiger partial charge in [0.1, 0.15) is 5.82 Å². The molecule has 1 amide bonds. The highest BCUT2D eigenvalue weighted by molar-refractivity contribution is 7.89. The maximum atomic E-state index is 13.3. The number of nitrogens with zero attached hydrogens (tertiary/aromatic N) is 1. The summed E-state index contributed by atoms with van der Waals surface area (Å²) in [6.45, 7) is 2.76. The predicted molar refractivity (Wildman–Crippen MR) is 98.1 cm³/mol. The highest BCUT2D eigenvalue weighted by Gasteiger charge is 2.27. The number of carbonyl (C=O) groups excluding carboxylic acids is 1. The summed E-state index contributed by atoms with van der Waals surface area (Å²) in [5, 5.41) is 2.64. The molecule has 26 heavy (non-hydrogen) atoms. The van der Waals surface area contributed by atoms with Crippen molar-refractivity contribution in [2.24, 2.45) is 0 Å². The van der Waals surface area contributed by atoms with Gasteiger partial charge >= 0.3 is 0 Å². The molecule has 2 aromatic rings. The molecule has 7 heteroatoms. The van der Waals surface area contributed by atoms with Crippen LogP contribution >= 0.6 is 0 Å². The number of carbonyl (C=O) groups is 1. The van der Waals surface area contributed by atoms with Crippen molar-refractivity contribution in [3.8, 4) is 0 Å². The van der Waals surface area contributed by atoms with Crippen molar-refractivity contribution in [1.29, 1.82) is 0 Å². The zero-order valence-corrected chi connectivity index (χ0v) is 15.4. The van der Waals surface area contributed by atoms with Crippen molar-refractivity contribution in [3.05, 3.63) is 59.4 Å². The van der Waals surface area contributed by atoms with Crippen molar-refractivity contribution >= 4 is 21.6 Å². The van der Waals surface area contributed by atoms with Gasteiger partial charge in [0.25, 0.3) is 5.91 Å². The minimum Gasteiger partial charge on any atom is -0.322 e. The first-order chi connectivity index (χ1) is 12.4. The van der Waals surface area contributed by atoms with Gasteiger partial charge in [-0.1, -0.05) is 18.6 Å². The lowest BCUT2D eigenvalue weighted by Gasteiger charge is -2.26. The monoisotopic (exact) mass is 376 g/mol. The van der Waals surface area contributed by atoms with Crippen molar-refractivity contribution in [3.63, 3.8) is 0 Å². The van der Waals surface area contributed by atoms with Crippen LogP contribution in [0.2, 0.25) is 0 Å². The largest absolute Gasteiger partial charge is 0.322 e. The van der Waals surface area contributed by atoms with Gasteiger partial charge < -0.3 is 5.32 Å². The molecule has 0 bridgehead atoms. The number of anilines is 1. The van der Waals surface area contributed by atoms with E-state index in [-0.39, 0.29) is 10.5 Å². The molecule has 1 fully saturated rings. The third-order valence-electron chi connectivity index (χ3n) is 4.47. The first-order valence-electron chi connectivity index (χ1n) is 8.55. The summed E-state index contributed by atoms with van der Waals surface area (Å²) in [5.74, 6) is -0.996. The Balaban J connectivity index is 1.86. The molecule has 0 radical (unpaired) electrons. The van der Waals surface area contributed by atoms with Gasteiger partial charge in [-0.2, -0.15) is 4.31 Å². The molecule has 1 N–H and O–H groups in total. The first-order valence-corrected chi connectivity index (χ1v) is 10.00. The Morgan fingerprint density at radius 2 is 1.81 bits per heavy atom. The quantitative estimate of drug-likeness (QED) is 0.887. The Morgan fingerprint density at radius 3 is 2.50 bits per heavy atom. The minimum absolute atomic E-state index is 0.172. The molecule has 0 spiro atoms. The van der Waals surface area contributed by atoms with Gasteiger partial charge in [-0.3, -0.25) is 4.79 Å². The van der Waals surface area contributed by atoms with E-state index >= 15 is 0 Å². The second-order valence-corrected chi connectivity index (χ2v) is 8.32. The summed E-state index contributed by atoms with van der Waals surface area (Å²) in [5.41, 5.74) is 1.16. The molecule has 138 valence electrons. The number of hydrogen-bond acceptors (Lipinski definition) is 3. The second-order valence-electron chi connectivity index (χ2n) is 6.41. The van der Waals surface area contributed by atoms with E-state index in [0.29, 0.717) is 24.3 Å². The third kappa shape index (κ3) is 3.94. The van der Waals surface area contributed by atoms with Crippen LogP contribution in [-0.2, 0) is 10.0 Å². The van der Waals surface area contributed by atoms with Crippen LogP contribution in [0.4, 0.5) is 10.1 Å². The van der Waals surface area contributed by atoms with Gasteiger partial charge in [-0.15, -0.1) is 0 Å². The third-order valence-corrected chi connectivity index (χ3v) is 6.51. The zero-order valence-electron chi connectivity index (χ0n) is 14.5. The summed E-state index contributed by atoms with van der Waals surface area (Å²) in [6, 6.07) is 10.1. The van der Waals surface area contributed by atoms with Crippen LogP contribution in [-0.4, -0.2) is 31.7 Å². The summed E-state index contributed by atoms with van der Waals surface area (Å²) >= 11 is 0. The molecule has 1 saturated heterocycles. The molecule has 0 aliphatic carbocycles. The SMILES string of the molecule is Cc1ccc(NC(=O)c2cccc(F)c2)cc1S(=O)(=O)N1CCCCC1. The molecule has 0 aromatic heterocycles. The van der Waals surface area contributed by atoms with Gasteiger partial charge in [0, 0.05) is 24.3 Å². The average Bonchev–Trinajstić information content (AvgIpc) is 2.64. The standard InChI is InChI=1S/C19H21FN2O3S/c1-14-8-9-17(21-19(23)15-6-5-7-16(20)12-15)13-18(14)26(24,25)22-10-3-2-4-11-22/h5-9,12-13H,2-4,10-11H2,1H3,(H,21,23). The van der Waals surface area contributed by atoms with Crippen LogP contribution in [0.5, 0.6) is 0 Å².